The average Bonchev–Trinajstić information content (AvgIpc) is 2.62. The SMILES string of the molecule is CCCCCCCCCOCOC1CCC[SiH](CCCSC(C)=O)NCC1. The molecule has 0 amide bonds. The van der Waals surface area contributed by atoms with E-state index in [-0.39, 0.29) is 5.12 Å². The molecule has 2 atom stereocenters. The Bertz CT molecular complexity index is 350. The first-order chi connectivity index (χ1) is 13.2. The summed E-state index contributed by atoms with van der Waals surface area (Å²) in [4.78, 5) is 14.8. The van der Waals surface area contributed by atoms with Crippen LogP contribution < -0.4 is 4.98 Å². The molecule has 0 aromatic heterocycles. The number of thioether (sulfide) groups is 1. The van der Waals surface area contributed by atoms with Crippen molar-refractivity contribution in [3.63, 3.8) is 0 Å². The third kappa shape index (κ3) is 15.7. The molecular formula is C21H43NO3SSi. The van der Waals surface area contributed by atoms with Gasteiger partial charge >= 0.3 is 0 Å². The zero-order valence-electron chi connectivity index (χ0n) is 17.8. The highest BCUT2D eigenvalue weighted by molar-refractivity contribution is 8.13. The summed E-state index contributed by atoms with van der Waals surface area (Å²) in [6.45, 7) is 6.31. The first-order valence-electron chi connectivity index (χ1n) is 11.3. The van der Waals surface area contributed by atoms with Gasteiger partial charge in [-0.15, -0.1) is 0 Å². The molecule has 6 heteroatoms. The van der Waals surface area contributed by atoms with E-state index < -0.39 is 8.96 Å². The van der Waals surface area contributed by atoms with E-state index in [1.54, 1.807) is 6.92 Å². The summed E-state index contributed by atoms with van der Waals surface area (Å²) in [5.41, 5.74) is 0. The molecule has 0 aliphatic carbocycles. The van der Waals surface area contributed by atoms with Gasteiger partial charge in [-0.3, -0.25) is 4.79 Å². The number of carbonyl (C=O) groups excluding carboxylic acids is 1. The highest BCUT2D eigenvalue weighted by Crippen LogP contribution is 2.17. The monoisotopic (exact) mass is 417 g/mol. The van der Waals surface area contributed by atoms with E-state index in [1.165, 1.54) is 81.6 Å². The van der Waals surface area contributed by atoms with Crippen LogP contribution in [0.15, 0.2) is 0 Å². The summed E-state index contributed by atoms with van der Waals surface area (Å²) in [6.07, 6.45) is 14.3. The maximum absolute atomic E-state index is 11.0. The molecule has 160 valence electrons. The zero-order valence-corrected chi connectivity index (χ0v) is 19.8. The minimum atomic E-state index is -0.809. The smallest absolute Gasteiger partial charge is 0.185 e. The van der Waals surface area contributed by atoms with Crippen molar-refractivity contribution >= 4 is 25.8 Å². The van der Waals surface area contributed by atoms with Crippen LogP contribution in [0.4, 0.5) is 0 Å². The van der Waals surface area contributed by atoms with Crippen molar-refractivity contribution in [2.45, 2.75) is 103 Å². The molecule has 0 radical (unpaired) electrons. The lowest BCUT2D eigenvalue weighted by molar-refractivity contribution is -0.109. The van der Waals surface area contributed by atoms with Crippen LogP contribution in [0.25, 0.3) is 0 Å². The fraction of sp³-hybridized carbons (Fsp3) is 0.952. The number of carbonyl (C=O) groups is 1. The number of rotatable bonds is 15. The maximum Gasteiger partial charge on any atom is 0.185 e. The molecule has 4 nitrogen and oxygen atoms in total. The summed E-state index contributed by atoms with van der Waals surface area (Å²) >= 11 is 1.47. The van der Waals surface area contributed by atoms with Gasteiger partial charge in [0.1, 0.15) is 15.8 Å². The Labute approximate surface area is 173 Å². The minimum absolute atomic E-state index is 0.247. The van der Waals surface area contributed by atoms with Crippen LogP contribution in [0.2, 0.25) is 12.1 Å². The average molecular weight is 418 g/mol. The van der Waals surface area contributed by atoms with Crippen LogP contribution in [0.1, 0.15) is 84.5 Å². The molecule has 1 saturated heterocycles. The molecule has 0 spiro atoms. The van der Waals surface area contributed by atoms with Crippen LogP contribution in [-0.2, 0) is 14.3 Å². The van der Waals surface area contributed by atoms with Gasteiger partial charge in [0, 0.05) is 19.3 Å². The van der Waals surface area contributed by atoms with Crippen LogP contribution in [-0.4, -0.2) is 45.9 Å². The highest BCUT2D eigenvalue weighted by Gasteiger charge is 2.17. The van der Waals surface area contributed by atoms with E-state index in [4.69, 9.17) is 9.47 Å². The van der Waals surface area contributed by atoms with E-state index in [9.17, 15) is 4.79 Å². The molecule has 1 heterocycles. The van der Waals surface area contributed by atoms with E-state index >= 15 is 0 Å². The molecule has 0 aromatic carbocycles. The second-order valence-corrected chi connectivity index (χ2v) is 12.0. The van der Waals surface area contributed by atoms with Crippen molar-refractivity contribution in [2.75, 3.05) is 25.7 Å². The van der Waals surface area contributed by atoms with Crippen LogP contribution in [0, 0.1) is 0 Å². The highest BCUT2D eigenvalue weighted by atomic mass is 32.2. The Hall–Kier alpha value is 0.117. The van der Waals surface area contributed by atoms with Crippen molar-refractivity contribution < 1.29 is 14.3 Å². The number of hydrogen-bond acceptors (Lipinski definition) is 5. The van der Waals surface area contributed by atoms with Crippen molar-refractivity contribution in [3.05, 3.63) is 0 Å². The number of hydrogen-bond donors (Lipinski definition) is 1. The van der Waals surface area contributed by atoms with E-state index in [0.29, 0.717) is 12.9 Å². The van der Waals surface area contributed by atoms with Crippen molar-refractivity contribution in [1.29, 1.82) is 0 Å². The lowest BCUT2D eigenvalue weighted by Crippen LogP contribution is -2.38. The minimum Gasteiger partial charge on any atom is -0.355 e. The first-order valence-corrected chi connectivity index (χ1v) is 14.5. The molecule has 1 rings (SSSR count). The predicted molar refractivity (Wildman–Crippen MR) is 120 cm³/mol. The summed E-state index contributed by atoms with van der Waals surface area (Å²) in [6, 6.07) is 2.66. The van der Waals surface area contributed by atoms with Gasteiger partial charge in [0.05, 0.1) is 6.10 Å². The Morgan fingerprint density at radius 1 is 1.11 bits per heavy atom. The second-order valence-electron chi connectivity index (χ2n) is 7.79. The maximum atomic E-state index is 11.0. The summed E-state index contributed by atoms with van der Waals surface area (Å²) in [7, 11) is -0.809. The molecule has 0 bridgehead atoms. The third-order valence-electron chi connectivity index (χ3n) is 5.26. The summed E-state index contributed by atoms with van der Waals surface area (Å²) in [5, 5.41) is 0.247. The van der Waals surface area contributed by atoms with Gasteiger partial charge in [-0.1, -0.05) is 63.6 Å². The molecule has 0 saturated carbocycles. The van der Waals surface area contributed by atoms with Crippen LogP contribution in [0.3, 0.4) is 0 Å². The fourth-order valence-electron chi connectivity index (χ4n) is 3.61. The zero-order chi connectivity index (χ0) is 19.6. The summed E-state index contributed by atoms with van der Waals surface area (Å²) < 4.78 is 11.6. The molecule has 27 heavy (non-hydrogen) atoms. The molecule has 0 aromatic rings. The van der Waals surface area contributed by atoms with Crippen LogP contribution >= 0.6 is 11.8 Å². The largest absolute Gasteiger partial charge is 0.355 e. The van der Waals surface area contributed by atoms with Crippen molar-refractivity contribution in [2.24, 2.45) is 0 Å². The van der Waals surface area contributed by atoms with Gasteiger partial charge in [-0.2, -0.15) is 0 Å². The molecule has 1 fully saturated rings. The van der Waals surface area contributed by atoms with Gasteiger partial charge in [0.15, 0.2) is 5.12 Å². The van der Waals surface area contributed by atoms with Crippen LogP contribution in [0.5, 0.6) is 0 Å². The Morgan fingerprint density at radius 2 is 1.89 bits per heavy atom. The van der Waals surface area contributed by atoms with Gasteiger partial charge in [0.2, 0.25) is 0 Å². The number of nitrogens with one attached hydrogen (secondary N) is 1. The normalized spacial score (nSPS) is 21.0. The van der Waals surface area contributed by atoms with E-state index in [2.05, 4.69) is 11.9 Å². The van der Waals surface area contributed by atoms with E-state index in [0.717, 1.165) is 31.7 Å². The van der Waals surface area contributed by atoms with E-state index in [1.807, 2.05) is 0 Å². The lowest BCUT2D eigenvalue weighted by Gasteiger charge is -2.25. The van der Waals surface area contributed by atoms with Gasteiger partial charge < -0.3 is 14.5 Å². The summed E-state index contributed by atoms with van der Waals surface area (Å²) in [5.74, 6) is 0.988. The first kappa shape index (κ1) is 25.2. The molecule has 1 aliphatic heterocycles. The predicted octanol–water partition coefficient (Wildman–Crippen LogP) is 5.26. The number of ether oxygens (including phenoxy) is 2. The molecule has 1 aliphatic rings. The van der Waals surface area contributed by atoms with Gasteiger partial charge in [0.25, 0.3) is 0 Å². The van der Waals surface area contributed by atoms with Gasteiger partial charge in [-0.25, -0.2) is 0 Å². The Kier molecular flexibility index (Phi) is 16.9. The molecule has 2 unspecified atom stereocenters. The quantitative estimate of drug-likeness (QED) is 0.224. The molecule has 1 N–H and O–H groups in total. The fourth-order valence-corrected chi connectivity index (χ4v) is 7.20. The van der Waals surface area contributed by atoms with Crippen molar-refractivity contribution in [1.82, 2.24) is 4.98 Å². The topological polar surface area (TPSA) is 47.6 Å². The lowest BCUT2D eigenvalue weighted by atomic mass is 10.1. The Morgan fingerprint density at radius 3 is 2.67 bits per heavy atom. The third-order valence-corrected chi connectivity index (χ3v) is 9.24. The number of unbranched alkanes of at least 4 members (excludes halogenated alkanes) is 6. The standard InChI is InChI=1S/C21H43NO3SSi/c1-3-4-5-6-7-8-9-15-24-19-25-21-12-10-17-27(22-14-13-21)18-11-16-26-20(2)23/h21-22,27H,3-19H2,1-2H3. The van der Waals surface area contributed by atoms with Gasteiger partial charge in [-0.05, 0) is 44.3 Å². The Balaban J connectivity index is 1.93. The molecular weight excluding hydrogens is 374 g/mol. The second kappa shape index (κ2) is 18.2. The van der Waals surface area contributed by atoms with Crippen molar-refractivity contribution in [3.8, 4) is 0 Å².